The quantitative estimate of drug-likeness (QED) is 0.534. The highest BCUT2D eigenvalue weighted by atomic mass is 16.3. The lowest BCUT2D eigenvalue weighted by Gasteiger charge is -2.44. The van der Waals surface area contributed by atoms with E-state index in [1.54, 1.807) is 28.7 Å². The van der Waals surface area contributed by atoms with E-state index >= 15 is 0 Å². The van der Waals surface area contributed by atoms with Gasteiger partial charge in [-0.2, -0.15) is 0 Å². The zero-order valence-electron chi connectivity index (χ0n) is 19.0. The van der Waals surface area contributed by atoms with Crippen LogP contribution in [0.15, 0.2) is 59.5 Å². The fourth-order valence-corrected chi connectivity index (χ4v) is 4.53. The average molecular weight is 462 g/mol. The van der Waals surface area contributed by atoms with Crippen LogP contribution in [0.5, 0.6) is 0 Å². The minimum absolute atomic E-state index is 0.0153. The van der Waals surface area contributed by atoms with Gasteiger partial charge in [0.1, 0.15) is 17.0 Å². The van der Waals surface area contributed by atoms with Gasteiger partial charge in [0.25, 0.3) is 11.8 Å². The first-order valence-electron chi connectivity index (χ1n) is 11.5. The second-order valence-corrected chi connectivity index (χ2v) is 9.00. The second-order valence-electron chi connectivity index (χ2n) is 9.00. The minimum atomic E-state index is -1.08. The van der Waals surface area contributed by atoms with Crippen LogP contribution in [0.2, 0.25) is 0 Å². The van der Waals surface area contributed by atoms with Crippen molar-refractivity contribution in [3.8, 4) is 0 Å². The molecule has 2 aliphatic rings. The molecule has 9 heteroatoms. The summed E-state index contributed by atoms with van der Waals surface area (Å²) in [5.74, 6) is -0.206. The Bertz CT molecular complexity index is 1200. The number of nitrogens with zero attached hydrogens (tertiary/aromatic N) is 3. The van der Waals surface area contributed by atoms with Crippen molar-refractivity contribution in [1.29, 1.82) is 0 Å². The van der Waals surface area contributed by atoms with Gasteiger partial charge in [0, 0.05) is 25.6 Å². The van der Waals surface area contributed by atoms with Crippen LogP contribution in [0.25, 0.3) is 0 Å². The summed E-state index contributed by atoms with van der Waals surface area (Å²) in [5.41, 5.74) is 0.224. The number of amides is 3. The summed E-state index contributed by atoms with van der Waals surface area (Å²) in [6, 6.07) is 13.3. The number of aromatic nitrogens is 2. The smallest absolute Gasteiger partial charge is 0.274 e. The van der Waals surface area contributed by atoms with Gasteiger partial charge in [-0.05, 0) is 37.5 Å². The maximum absolute atomic E-state index is 13.6. The molecule has 0 saturated heterocycles. The van der Waals surface area contributed by atoms with Crippen LogP contribution in [0.1, 0.15) is 52.1 Å². The molecule has 3 amide bonds. The largest absolute Gasteiger partial charge is 0.469 e. The van der Waals surface area contributed by atoms with E-state index in [0.717, 1.165) is 24.2 Å². The SMILES string of the molecule is C[C@@]1(C(=O)NCc2ccccc2)Cn2cnc(C(=O)NCCc3ccco3)c2C(=O)N1C1CC1. The number of hydrogen-bond donors (Lipinski definition) is 2. The molecule has 1 aliphatic heterocycles. The molecule has 176 valence electrons. The molecule has 1 aromatic carbocycles. The number of rotatable bonds is 8. The molecule has 3 aromatic rings. The first kappa shape index (κ1) is 21.9. The molecule has 3 heterocycles. The third-order valence-electron chi connectivity index (χ3n) is 6.42. The third-order valence-corrected chi connectivity index (χ3v) is 6.42. The van der Waals surface area contributed by atoms with E-state index in [2.05, 4.69) is 15.6 Å². The Morgan fingerprint density at radius 3 is 2.65 bits per heavy atom. The fourth-order valence-electron chi connectivity index (χ4n) is 4.53. The highest BCUT2D eigenvalue weighted by Gasteiger charge is 2.53. The van der Waals surface area contributed by atoms with Crippen LogP contribution in [0.3, 0.4) is 0 Å². The number of imidazole rings is 1. The molecule has 1 fully saturated rings. The Labute approximate surface area is 197 Å². The van der Waals surface area contributed by atoms with Gasteiger partial charge in [-0.15, -0.1) is 0 Å². The topological polar surface area (TPSA) is 109 Å². The molecule has 1 aliphatic carbocycles. The van der Waals surface area contributed by atoms with E-state index in [-0.39, 0.29) is 35.8 Å². The lowest BCUT2D eigenvalue weighted by Crippen LogP contribution is -2.64. The highest BCUT2D eigenvalue weighted by molar-refractivity contribution is 6.07. The maximum atomic E-state index is 13.6. The Kier molecular flexibility index (Phi) is 5.69. The van der Waals surface area contributed by atoms with Crippen LogP contribution in [0, 0.1) is 0 Å². The highest BCUT2D eigenvalue weighted by Crippen LogP contribution is 2.38. The summed E-state index contributed by atoms with van der Waals surface area (Å²) < 4.78 is 6.91. The fraction of sp³-hybridized carbons (Fsp3) is 0.360. The van der Waals surface area contributed by atoms with Gasteiger partial charge >= 0.3 is 0 Å². The van der Waals surface area contributed by atoms with Crippen molar-refractivity contribution < 1.29 is 18.8 Å². The average Bonchev–Trinajstić information content (AvgIpc) is 3.34. The molecule has 1 atom stereocenters. The van der Waals surface area contributed by atoms with Crippen LogP contribution < -0.4 is 10.6 Å². The van der Waals surface area contributed by atoms with Gasteiger partial charge in [-0.3, -0.25) is 14.4 Å². The number of nitrogens with one attached hydrogen (secondary N) is 2. The van der Waals surface area contributed by atoms with Gasteiger partial charge in [0.15, 0.2) is 5.69 Å². The monoisotopic (exact) mass is 461 g/mol. The van der Waals surface area contributed by atoms with Crippen molar-refractivity contribution in [3.63, 3.8) is 0 Å². The van der Waals surface area contributed by atoms with Crippen molar-refractivity contribution in [3.05, 3.63) is 77.8 Å². The summed E-state index contributed by atoms with van der Waals surface area (Å²) in [6.45, 7) is 2.76. The molecule has 9 nitrogen and oxygen atoms in total. The normalized spacial score (nSPS) is 19.6. The molecule has 0 radical (unpaired) electrons. The van der Waals surface area contributed by atoms with Gasteiger partial charge in [-0.1, -0.05) is 30.3 Å². The molecule has 2 N–H and O–H groups in total. The Morgan fingerprint density at radius 2 is 1.94 bits per heavy atom. The van der Waals surface area contributed by atoms with E-state index in [1.807, 2.05) is 36.4 Å². The standard InChI is InChI=1S/C25H27N5O4/c1-25(24(33)27-14-17-6-3-2-4-7-17)15-29-16-28-20(21(29)23(32)30(25)18-9-10-18)22(31)26-12-11-19-8-5-13-34-19/h2-8,13,16,18H,9-12,14-15H2,1H3,(H,26,31)(H,27,33)/t25-/m0/s1. The van der Waals surface area contributed by atoms with Gasteiger partial charge < -0.3 is 24.5 Å². The number of hydrogen-bond acceptors (Lipinski definition) is 5. The Balaban J connectivity index is 1.34. The van der Waals surface area contributed by atoms with Crippen molar-refractivity contribution in [2.45, 2.75) is 50.9 Å². The summed E-state index contributed by atoms with van der Waals surface area (Å²) >= 11 is 0. The lowest BCUT2D eigenvalue weighted by molar-refractivity contribution is -0.133. The summed E-state index contributed by atoms with van der Waals surface area (Å²) in [5, 5.41) is 5.80. The number of furan rings is 1. The number of carbonyl (C=O) groups excluding carboxylic acids is 3. The Hall–Kier alpha value is -3.88. The molecule has 0 unspecified atom stereocenters. The van der Waals surface area contributed by atoms with Crippen LogP contribution in [-0.4, -0.2) is 50.3 Å². The number of carbonyl (C=O) groups is 3. The van der Waals surface area contributed by atoms with Crippen LogP contribution in [0.4, 0.5) is 0 Å². The first-order valence-corrected chi connectivity index (χ1v) is 11.5. The predicted octanol–water partition coefficient (Wildman–Crippen LogP) is 2.14. The van der Waals surface area contributed by atoms with Gasteiger partial charge in [0.05, 0.1) is 19.1 Å². The molecule has 2 aromatic heterocycles. The summed E-state index contributed by atoms with van der Waals surface area (Å²) in [6.07, 6.45) is 5.28. The minimum Gasteiger partial charge on any atom is -0.469 e. The molecular formula is C25H27N5O4. The van der Waals surface area contributed by atoms with Crippen molar-refractivity contribution in [1.82, 2.24) is 25.1 Å². The number of fused-ring (bicyclic) bond motifs is 1. The zero-order valence-corrected chi connectivity index (χ0v) is 19.0. The Morgan fingerprint density at radius 1 is 1.15 bits per heavy atom. The van der Waals surface area contributed by atoms with E-state index in [4.69, 9.17) is 4.42 Å². The van der Waals surface area contributed by atoms with Crippen LogP contribution >= 0.6 is 0 Å². The van der Waals surface area contributed by atoms with E-state index in [1.165, 1.54) is 6.33 Å². The molecule has 5 rings (SSSR count). The molecule has 1 saturated carbocycles. The van der Waals surface area contributed by atoms with E-state index in [0.29, 0.717) is 19.5 Å². The molecule has 0 bridgehead atoms. The zero-order chi connectivity index (χ0) is 23.7. The second kappa shape index (κ2) is 8.81. The van der Waals surface area contributed by atoms with Crippen molar-refractivity contribution >= 4 is 17.7 Å². The first-order chi connectivity index (χ1) is 16.5. The molecule has 34 heavy (non-hydrogen) atoms. The maximum Gasteiger partial charge on any atom is 0.274 e. The number of benzene rings is 1. The van der Waals surface area contributed by atoms with Gasteiger partial charge in [-0.25, -0.2) is 4.98 Å². The van der Waals surface area contributed by atoms with E-state index < -0.39 is 11.4 Å². The van der Waals surface area contributed by atoms with Gasteiger partial charge in [0.2, 0.25) is 5.91 Å². The van der Waals surface area contributed by atoms with Crippen LogP contribution in [-0.2, 0) is 24.3 Å². The summed E-state index contributed by atoms with van der Waals surface area (Å²) in [7, 11) is 0. The predicted molar refractivity (Wildman–Crippen MR) is 123 cm³/mol. The molecular weight excluding hydrogens is 434 g/mol. The third kappa shape index (κ3) is 4.09. The van der Waals surface area contributed by atoms with Crippen molar-refractivity contribution in [2.24, 2.45) is 0 Å². The summed E-state index contributed by atoms with van der Waals surface area (Å²) in [4.78, 5) is 45.7. The molecule has 0 spiro atoms. The lowest BCUT2D eigenvalue weighted by atomic mass is 9.93. The van der Waals surface area contributed by atoms with E-state index in [9.17, 15) is 14.4 Å². The van der Waals surface area contributed by atoms with Crippen molar-refractivity contribution in [2.75, 3.05) is 6.54 Å².